The van der Waals surface area contributed by atoms with E-state index in [9.17, 15) is 4.79 Å². The van der Waals surface area contributed by atoms with Crippen molar-refractivity contribution in [3.8, 4) is 10.8 Å². The van der Waals surface area contributed by atoms with E-state index in [-0.39, 0.29) is 5.56 Å². The monoisotopic (exact) mass is 369 g/mol. The fourth-order valence-electron chi connectivity index (χ4n) is 3.35. The Morgan fingerprint density at radius 2 is 2.24 bits per heavy atom. The summed E-state index contributed by atoms with van der Waals surface area (Å²) in [6.07, 6.45) is 4.86. The van der Waals surface area contributed by atoms with Crippen LogP contribution in [0.5, 0.6) is 0 Å². The van der Waals surface area contributed by atoms with Crippen LogP contribution in [0, 0.1) is 6.92 Å². The molecule has 1 aliphatic rings. The fraction of sp³-hybridized carbons (Fsp3) is 0.278. The minimum absolute atomic E-state index is 0.0489. The molecule has 0 aliphatic heterocycles. The van der Waals surface area contributed by atoms with Crippen molar-refractivity contribution in [2.75, 3.05) is 0 Å². The first-order valence-electron chi connectivity index (χ1n) is 8.20. The number of aryl methyl sites for hydroxylation is 3. The van der Waals surface area contributed by atoms with Gasteiger partial charge in [-0.1, -0.05) is 0 Å². The lowest BCUT2D eigenvalue weighted by Crippen LogP contribution is -2.21. The summed E-state index contributed by atoms with van der Waals surface area (Å²) in [6.45, 7) is 2.35. The van der Waals surface area contributed by atoms with Gasteiger partial charge in [0.2, 0.25) is 0 Å². The molecule has 4 aromatic heterocycles. The normalized spacial score (nSPS) is 13.6. The van der Waals surface area contributed by atoms with Crippen LogP contribution in [0.25, 0.3) is 21.0 Å². The highest BCUT2D eigenvalue weighted by atomic mass is 32.1. The zero-order chi connectivity index (χ0) is 17.0. The quantitative estimate of drug-likeness (QED) is 0.547. The Balaban J connectivity index is 1.51. The van der Waals surface area contributed by atoms with E-state index >= 15 is 0 Å². The summed E-state index contributed by atoms with van der Waals surface area (Å²) >= 11 is 3.20. The Labute approximate surface area is 151 Å². The third kappa shape index (κ3) is 2.46. The van der Waals surface area contributed by atoms with Crippen LogP contribution in [0.4, 0.5) is 0 Å². The van der Waals surface area contributed by atoms with Crippen LogP contribution in [0.3, 0.4) is 0 Å². The van der Waals surface area contributed by atoms with Crippen molar-refractivity contribution in [2.45, 2.75) is 32.7 Å². The zero-order valence-electron chi connectivity index (χ0n) is 13.6. The molecule has 0 amide bonds. The molecule has 1 aliphatic carbocycles. The molecule has 5 rings (SSSR count). The van der Waals surface area contributed by atoms with Gasteiger partial charge in [0, 0.05) is 10.3 Å². The van der Waals surface area contributed by atoms with Crippen LogP contribution in [0.2, 0.25) is 0 Å². The number of rotatable bonds is 3. The van der Waals surface area contributed by atoms with Gasteiger partial charge in [-0.15, -0.1) is 22.7 Å². The SMILES string of the molecule is Cc1ccc(-c2nc(Cn3cnc4sc5c(c4c3=O)CCC5)cs2)o1. The summed E-state index contributed by atoms with van der Waals surface area (Å²) < 4.78 is 7.29. The molecule has 126 valence electrons. The maximum atomic E-state index is 12.9. The molecule has 7 heteroatoms. The number of aromatic nitrogens is 3. The second-order valence-electron chi connectivity index (χ2n) is 6.27. The third-order valence-electron chi connectivity index (χ3n) is 4.53. The van der Waals surface area contributed by atoms with Crippen molar-refractivity contribution in [1.82, 2.24) is 14.5 Å². The Kier molecular flexibility index (Phi) is 3.39. The molecule has 5 nitrogen and oxygen atoms in total. The maximum Gasteiger partial charge on any atom is 0.262 e. The molecule has 0 bridgehead atoms. The highest BCUT2D eigenvalue weighted by molar-refractivity contribution is 7.18. The van der Waals surface area contributed by atoms with Gasteiger partial charge in [-0.05, 0) is 43.9 Å². The standard InChI is InChI=1S/C18H15N3O2S2/c1-10-5-6-13(23-10)16-20-11(8-24-16)7-21-9-19-17-15(18(21)22)12-3-2-4-14(12)25-17/h5-6,8-9H,2-4,7H2,1H3. The van der Waals surface area contributed by atoms with Gasteiger partial charge in [-0.25, -0.2) is 9.97 Å². The van der Waals surface area contributed by atoms with Crippen LogP contribution in [0.1, 0.15) is 28.3 Å². The molecule has 0 saturated carbocycles. The van der Waals surface area contributed by atoms with Crippen LogP contribution in [-0.2, 0) is 19.4 Å². The van der Waals surface area contributed by atoms with Crippen LogP contribution in [0.15, 0.2) is 33.1 Å². The van der Waals surface area contributed by atoms with Crippen LogP contribution >= 0.6 is 22.7 Å². The summed E-state index contributed by atoms with van der Waals surface area (Å²) in [6, 6.07) is 3.85. The molecule has 0 fully saturated rings. The predicted molar refractivity (Wildman–Crippen MR) is 99.6 cm³/mol. The van der Waals surface area contributed by atoms with Crippen molar-refractivity contribution in [2.24, 2.45) is 0 Å². The summed E-state index contributed by atoms with van der Waals surface area (Å²) in [5.74, 6) is 1.63. The van der Waals surface area contributed by atoms with Crippen LogP contribution in [-0.4, -0.2) is 14.5 Å². The van der Waals surface area contributed by atoms with Crippen molar-refractivity contribution < 1.29 is 4.42 Å². The molecule has 25 heavy (non-hydrogen) atoms. The number of fused-ring (bicyclic) bond motifs is 3. The number of thiophene rings is 1. The minimum Gasteiger partial charge on any atom is -0.459 e. The molecule has 0 N–H and O–H groups in total. The van der Waals surface area contributed by atoms with Gasteiger partial charge in [0.05, 0.1) is 24.0 Å². The average molecular weight is 369 g/mol. The van der Waals surface area contributed by atoms with Gasteiger partial charge in [-0.3, -0.25) is 9.36 Å². The van der Waals surface area contributed by atoms with E-state index in [0.717, 1.165) is 51.7 Å². The molecule has 0 aromatic carbocycles. The maximum absolute atomic E-state index is 12.9. The molecule has 0 unspecified atom stereocenters. The summed E-state index contributed by atoms with van der Waals surface area (Å²) in [5, 5.41) is 3.63. The van der Waals surface area contributed by atoms with E-state index in [0.29, 0.717) is 6.54 Å². The lowest BCUT2D eigenvalue weighted by Gasteiger charge is -2.03. The molecule has 0 atom stereocenters. The minimum atomic E-state index is 0.0489. The van der Waals surface area contributed by atoms with Crippen molar-refractivity contribution >= 4 is 32.9 Å². The van der Waals surface area contributed by atoms with Crippen molar-refractivity contribution in [3.05, 3.63) is 56.1 Å². The molecular weight excluding hydrogens is 354 g/mol. The number of thiazole rings is 1. The number of furan rings is 1. The van der Waals surface area contributed by atoms with Crippen molar-refractivity contribution in [3.63, 3.8) is 0 Å². The lowest BCUT2D eigenvalue weighted by atomic mass is 10.2. The molecule has 0 saturated heterocycles. The Morgan fingerprint density at radius 3 is 3.08 bits per heavy atom. The number of nitrogens with zero attached hydrogens (tertiary/aromatic N) is 3. The zero-order valence-corrected chi connectivity index (χ0v) is 15.2. The third-order valence-corrected chi connectivity index (χ3v) is 6.63. The van der Waals surface area contributed by atoms with E-state index in [4.69, 9.17) is 4.42 Å². The van der Waals surface area contributed by atoms with E-state index in [2.05, 4.69) is 9.97 Å². The van der Waals surface area contributed by atoms with E-state index in [1.54, 1.807) is 22.2 Å². The topological polar surface area (TPSA) is 60.9 Å². The van der Waals surface area contributed by atoms with Gasteiger partial charge >= 0.3 is 0 Å². The first kappa shape index (κ1) is 15.0. The van der Waals surface area contributed by atoms with Gasteiger partial charge in [0.15, 0.2) is 10.8 Å². The molecule has 0 spiro atoms. The Bertz CT molecular complexity index is 1150. The number of hydrogen-bond donors (Lipinski definition) is 0. The second-order valence-corrected chi connectivity index (χ2v) is 8.21. The molecule has 4 aromatic rings. The summed E-state index contributed by atoms with van der Waals surface area (Å²) in [4.78, 5) is 24.2. The van der Waals surface area contributed by atoms with Gasteiger partial charge < -0.3 is 4.42 Å². The van der Waals surface area contributed by atoms with E-state index in [1.807, 2.05) is 24.4 Å². The lowest BCUT2D eigenvalue weighted by molar-refractivity contribution is 0.547. The highest BCUT2D eigenvalue weighted by Crippen LogP contribution is 2.34. The van der Waals surface area contributed by atoms with Crippen molar-refractivity contribution in [1.29, 1.82) is 0 Å². The van der Waals surface area contributed by atoms with Gasteiger partial charge in [0.25, 0.3) is 5.56 Å². The summed E-state index contributed by atoms with van der Waals surface area (Å²) in [5.41, 5.74) is 2.12. The smallest absolute Gasteiger partial charge is 0.262 e. The molecular formula is C18H15N3O2S2. The number of hydrogen-bond acceptors (Lipinski definition) is 6. The van der Waals surface area contributed by atoms with Crippen LogP contribution < -0.4 is 5.56 Å². The average Bonchev–Trinajstić information content (AvgIpc) is 3.33. The fourth-order valence-corrected chi connectivity index (χ4v) is 5.34. The molecule has 4 heterocycles. The first-order valence-corrected chi connectivity index (χ1v) is 9.89. The summed E-state index contributed by atoms with van der Waals surface area (Å²) in [7, 11) is 0. The highest BCUT2D eigenvalue weighted by Gasteiger charge is 2.21. The van der Waals surface area contributed by atoms with E-state index in [1.165, 1.54) is 21.8 Å². The predicted octanol–water partition coefficient (Wildman–Crippen LogP) is 4.02. The Hall–Kier alpha value is -2.25. The van der Waals surface area contributed by atoms with Gasteiger partial charge in [-0.2, -0.15) is 0 Å². The second kappa shape index (κ2) is 5.64. The largest absolute Gasteiger partial charge is 0.459 e. The van der Waals surface area contributed by atoms with E-state index < -0.39 is 0 Å². The first-order chi connectivity index (χ1) is 12.2. The van der Waals surface area contributed by atoms with Gasteiger partial charge in [0.1, 0.15) is 10.6 Å². The Morgan fingerprint density at radius 1 is 1.32 bits per heavy atom. The molecule has 0 radical (unpaired) electrons.